The van der Waals surface area contributed by atoms with Crippen LogP contribution < -0.4 is 4.74 Å². The molecule has 1 aliphatic rings. The van der Waals surface area contributed by atoms with Crippen molar-refractivity contribution in [2.45, 2.75) is 38.5 Å². The standard InChI is InChI=1S/C16H22O3/c1-3-11-8-9-13(16(17)18)14(10-11)12-6-4-5-7-15(12)19-2/h4-7,11,13-14H,3,8-10H2,1-2H3,(H,17,18). The molecule has 1 N–H and O–H groups in total. The number of aliphatic carboxylic acids is 1. The zero-order valence-electron chi connectivity index (χ0n) is 11.6. The van der Waals surface area contributed by atoms with Crippen molar-refractivity contribution in [1.82, 2.24) is 0 Å². The molecule has 0 amide bonds. The second kappa shape index (κ2) is 6.09. The summed E-state index contributed by atoms with van der Waals surface area (Å²) in [7, 11) is 1.65. The Morgan fingerprint density at radius 3 is 2.74 bits per heavy atom. The topological polar surface area (TPSA) is 46.5 Å². The van der Waals surface area contributed by atoms with Gasteiger partial charge in [-0.15, -0.1) is 0 Å². The van der Waals surface area contributed by atoms with Crippen molar-refractivity contribution in [3.05, 3.63) is 29.8 Å². The summed E-state index contributed by atoms with van der Waals surface area (Å²) >= 11 is 0. The van der Waals surface area contributed by atoms with Crippen LogP contribution in [0.2, 0.25) is 0 Å². The third-order valence-corrected chi connectivity index (χ3v) is 4.39. The van der Waals surface area contributed by atoms with E-state index in [2.05, 4.69) is 6.92 Å². The third kappa shape index (κ3) is 2.91. The number of carboxylic acid groups (broad SMARTS) is 1. The number of hydrogen-bond acceptors (Lipinski definition) is 2. The van der Waals surface area contributed by atoms with Gasteiger partial charge in [-0.3, -0.25) is 4.79 Å². The first-order chi connectivity index (χ1) is 9.17. The molecule has 0 saturated heterocycles. The highest BCUT2D eigenvalue weighted by atomic mass is 16.5. The molecule has 0 aromatic heterocycles. The maximum Gasteiger partial charge on any atom is 0.307 e. The van der Waals surface area contributed by atoms with Crippen LogP contribution in [0.3, 0.4) is 0 Å². The average Bonchev–Trinajstić information content (AvgIpc) is 2.46. The molecule has 104 valence electrons. The molecular weight excluding hydrogens is 240 g/mol. The largest absolute Gasteiger partial charge is 0.496 e. The maximum atomic E-state index is 11.5. The van der Waals surface area contributed by atoms with Gasteiger partial charge in [0.25, 0.3) is 0 Å². The van der Waals surface area contributed by atoms with Gasteiger partial charge in [-0.2, -0.15) is 0 Å². The quantitative estimate of drug-likeness (QED) is 0.900. The van der Waals surface area contributed by atoms with Crippen LogP contribution in [-0.2, 0) is 4.79 Å². The molecule has 0 heterocycles. The van der Waals surface area contributed by atoms with Gasteiger partial charge in [-0.25, -0.2) is 0 Å². The summed E-state index contributed by atoms with van der Waals surface area (Å²) in [4.78, 5) is 11.5. The predicted molar refractivity (Wildman–Crippen MR) is 74.5 cm³/mol. The number of rotatable bonds is 4. The van der Waals surface area contributed by atoms with Crippen LogP contribution in [0, 0.1) is 11.8 Å². The number of benzene rings is 1. The first-order valence-corrected chi connectivity index (χ1v) is 7.03. The average molecular weight is 262 g/mol. The molecule has 19 heavy (non-hydrogen) atoms. The van der Waals surface area contributed by atoms with Crippen LogP contribution >= 0.6 is 0 Å². The smallest absolute Gasteiger partial charge is 0.307 e. The van der Waals surface area contributed by atoms with Gasteiger partial charge in [0.05, 0.1) is 13.0 Å². The zero-order chi connectivity index (χ0) is 13.8. The van der Waals surface area contributed by atoms with E-state index < -0.39 is 5.97 Å². The molecule has 3 nitrogen and oxygen atoms in total. The van der Waals surface area contributed by atoms with E-state index in [1.165, 1.54) is 0 Å². The Morgan fingerprint density at radius 1 is 1.37 bits per heavy atom. The highest BCUT2D eigenvalue weighted by Crippen LogP contribution is 2.44. The second-order valence-corrected chi connectivity index (χ2v) is 5.38. The molecule has 1 saturated carbocycles. The Morgan fingerprint density at radius 2 is 2.11 bits per heavy atom. The summed E-state index contributed by atoms with van der Waals surface area (Å²) in [6.45, 7) is 2.19. The van der Waals surface area contributed by atoms with E-state index in [1.807, 2.05) is 24.3 Å². The molecule has 1 aromatic carbocycles. The first-order valence-electron chi connectivity index (χ1n) is 7.03. The van der Waals surface area contributed by atoms with Gasteiger partial charge in [-0.05, 0) is 36.8 Å². The Bertz CT molecular complexity index is 441. The number of para-hydroxylation sites is 1. The van der Waals surface area contributed by atoms with Crippen LogP contribution in [0.5, 0.6) is 5.75 Å². The molecule has 0 bridgehead atoms. The highest BCUT2D eigenvalue weighted by Gasteiger charge is 2.36. The van der Waals surface area contributed by atoms with Crippen LogP contribution in [0.15, 0.2) is 24.3 Å². The summed E-state index contributed by atoms with van der Waals surface area (Å²) in [5, 5.41) is 9.45. The van der Waals surface area contributed by atoms with Crippen molar-refractivity contribution in [3.8, 4) is 5.75 Å². The number of carboxylic acids is 1. The molecule has 3 heteroatoms. The first kappa shape index (κ1) is 13.9. The number of hydrogen-bond donors (Lipinski definition) is 1. The molecule has 3 atom stereocenters. The molecule has 0 radical (unpaired) electrons. The Hall–Kier alpha value is -1.51. The van der Waals surface area contributed by atoms with E-state index in [-0.39, 0.29) is 11.8 Å². The fourth-order valence-electron chi connectivity index (χ4n) is 3.24. The van der Waals surface area contributed by atoms with Gasteiger partial charge in [0.1, 0.15) is 5.75 Å². The van der Waals surface area contributed by atoms with Gasteiger partial charge >= 0.3 is 5.97 Å². The monoisotopic (exact) mass is 262 g/mol. The number of carbonyl (C=O) groups is 1. The van der Waals surface area contributed by atoms with E-state index in [0.29, 0.717) is 5.92 Å². The van der Waals surface area contributed by atoms with Gasteiger partial charge in [0.2, 0.25) is 0 Å². The minimum Gasteiger partial charge on any atom is -0.496 e. The van der Waals surface area contributed by atoms with Crippen LogP contribution in [-0.4, -0.2) is 18.2 Å². The molecule has 0 spiro atoms. The summed E-state index contributed by atoms with van der Waals surface area (Å²) in [6.07, 6.45) is 3.88. The van der Waals surface area contributed by atoms with Gasteiger partial charge in [0, 0.05) is 5.92 Å². The normalized spacial score (nSPS) is 26.9. The fraction of sp³-hybridized carbons (Fsp3) is 0.562. The molecular formula is C16H22O3. The summed E-state index contributed by atoms with van der Waals surface area (Å²) in [6, 6.07) is 7.83. The van der Waals surface area contributed by atoms with Crippen LogP contribution in [0.25, 0.3) is 0 Å². The lowest BCUT2D eigenvalue weighted by atomic mass is 9.70. The molecule has 0 aliphatic heterocycles. The second-order valence-electron chi connectivity index (χ2n) is 5.38. The van der Waals surface area contributed by atoms with Crippen molar-refractivity contribution >= 4 is 5.97 Å². The maximum absolute atomic E-state index is 11.5. The van der Waals surface area contributed by atoms with Crippen molar-refractivity contribution in [1.29, 1.82) is 0 Å². The molecule has 1 fully saturated rings. The highest BCUT2D eigenvalue weighted by molar-refractivity contribution is 5.72. The van der Waals surface area contributed by atoms with Crippen molar-refractivity contribution in [3.63, 3.8) is 0 Å². The lowest BCUT2D eigenvalue weighted by molar-refractivity contribution is -0.143. The molecule has 2 rings (SSSR count). The van der Waals surface area contributed by atoms with Gasteiger partial charge in [0.15, 0.2) is 0 Å². The third-order valence-electron chi connectivity index (χ3n) is 4.39. The molecule has 1 aromatic rings. The van der Waals surface area contributed by atoms with Crippen LogP contribution in [0.4, 0.5) is 0 Å². The Balaban J connectivity index is 2.33. The minimum absolute atomic E-state index is 0.0762. The van der Waals surface area contributed by atoms with E-state index in [9.17, 15) is 9.90 Å². The summed E-state index contributed by atoms with van der Waals surface area (Å²) < 4.78 is 5.40. The lowest BCUT2D eigenvalue weighted by Gasteiger charge is -2.34. The van der Waals surface area contributed by atoms with Gasteiger partial charge in [-0.1, -0.05) is 31.5 Å². The Kier molecular flexibility index (Phi) is 4.46. The minimum atomic E-state index is -0.676. The molecule has 3 unspecified atom stereocenters. The van der Waals surface area contributed by atoms with Crippen molar-refractivity contribution in [2.75, 3.05) is 7.11 Å². The van der Waals surface area contributed by atoms with E-state index in [1.54, 1.807) is 7.11 Å². The summed E-state index contributed by atoms with van der Waals surface area (Å²) in [5.41, 5.74) is 1.05. The lowest BCUT2D eigenvalue weighted by Crippen LogP contribution is -2.29. The van der Waals surface area contributed by atoms with Crippen molar-refractivity contribution in [2.24, 2.45) is 11.8 Å². The predicted octanol–water partition coefficient (Wildman–Crippen LogP) is 3.69. The fourth-order valence-corrected chi connectivity index (χ4v) is 3.24. The summed E-state index contributed by atoms with van der Waals surface area (Å²) in [5.74, 6) is 0.568. The van der Waals surface area contributed by atoms with Crippen molar-refractivity contribution < 1.29 is 14.6 Å². The molecule has 1 aliphatic carbocycles. The van der Waals surface area contributed by atoms with E-state index in [0.717, 1.165) is 37.0 Å². The zero-order valence-corrected chi connectivity index (χ0v) is 11.6. The van der Waals surface area contributed by atoms with Crippen LogP contribution in [0.1, 0.15) is 44.1 Å². The number of methoxy groups -OCH3 is 1. The number of ether oxygens (including phenoxy) is 1. The van der Waals surface area contributed by atoms with E-state index >= 15 is 0 Å². The Labute approximate surface area is 114 Å². The SMILES string of the molecule is CCC1CCC(C(=O)O)C(c2ccccc2OC)C1. The van der Waals surface area contributed by atoms with Gasteiger partial charge < -0.3 is 9.84 Å². The van der Waals surface area contributed by atoms with E-state index in [4.69, 9.17) is 4.74 Å².